The second kappa shape index (κ2) is 6.04. The average molecular weight is 309 g/mol. The zero-order chi connectivity index (χ0) is 14.8. The van der Waals surface area contributed by atoms with E-state index < -0.39 is 15.2 Å². The summed E-state index contributed by atoms with van der Waals surface area (Å²) >= 11 is 0. The van der Waals surface area contributed by atoms with Crippen LogP contribution in [0.1, 0.15) is 5.56 Å². The molecular formula is C16H28O2Si2. The molecule has 1 aromatic rings. The molecule has 1 atom stereocenters. The highest BCUT2D eigenvalue weighted by molar-refractivity contribution is 7.40. The molecule has 0 bridgehead atoms. The minimum Gasteiger partial charge on any atom is -0.491 e. The predicted molar refractivity (Wildman–Crippen MR) is 91.0 cm³/mol. The van der Waals surface area contributed by atoms with Crippen LogP contribution in [-0.4, -0.2) is 34.5 Å². The third-order valence-corrected chi connectivity index (χ3v) is 23.3. The van der Waals surface area contributed by atoms with Gasteiger partial charge in [0.25, 0.3) is 0 Å². The maximum absolute atomic E-state index is 5.68. The van der Waals surface area contributed by atoms with Crippen molar-refractivity contribution in [2.75, 3.05) is 13.2 Å². The molecule has 1 saturated heterocycles. The largest absolute Gasteiger partial charge is 0.491 e. The minimum absolute atomic E-state index is 0.332. The molecule has 2 nitrogen and oxygen atoms in total. The molecular weight excluding hydrogens is 280 g/mol. The van der Waals surface area contributed by atoms with Gasteiger partial charge in [0, 0.05) is 15.2 Å². The molecule has 1 aromatic carbocycles. The van der Waals surface area contributed by atoms with Crippen molar-refractivity contribution in [2.45, 2.75) is 51.3 Å². The second-order valence-corrected chi connectivity index (χ2v) is 24.9. The van der Waals surface area contributed by atoms with Gasteiger partial charge in [-0.2, -0.15) is 0 Å². The Morgan fingerprint density at radius 2 is 1.70 bits per heavy atom. The first kappa shape index (κ1) is 15.8. The monoisotopic (exact) mass is 308 g/mol. The first-order chi connectivity index (χ1) is 9.28. The van der Waals surface area contributed by atoms with Crippen molar-refractivity contribution >= 4 is 15.2 Å². The zero-order valence-electron chi connectivity index (χ0n) is 13.5. The van der Waals surface area contributed by atoms with Gasteiger partial charge in [-0.1, -0.05) is 50.9 Å². The fourth-order valence-corrected chi connectivity index (χ4v) is 6.23. The van der Waals surface area contributed by atoms with Crippen LogP contribution < -0.4 is 4.74 Å². The molecule has 1 aliphatic heterocycles. The molecule has 20 heavy (non-hydrogen) atoms. The second-order valence-electron chi connectivity index (χ2n) is 7.54. The molecule has 0 N–H and O–H groups in total. The SMILES string of the molecule is C[Si](C)(C)[Si](C)(C)CCc1ccc(OCC2CO2)cc1. The van der Waals surface area contributed by atoms with Gasteiger partial charge in [0.1, 0.15) is 18.5 Å². The van der Waals surface area contributed by atoms with E-state index in [0.717, 1.165) is 12.4 Å². The first-order valence-corrected chi connectivity index (χ1v) is 15.3. The van der Waals surface area contributed by atoms with Crippen LogP contribution in [0.2, 0.25) is 38.8 Å². The molecule has 0 spiro atoms. The number of hydrogen-bond donors (Lipinski definition) is 0. The summed E-state index contributed by atoms with van der Waals surface area (Å²) in [6, 6.07) is 10.0. The summed E-state index contributed by atoms with van der Waals surface area (Å²) in [6.45, 7) is 14.2. The summed E-state index contributed by atoms with van der Waals surface area (Å²) < 4.78 is 10.8. The molecule has 112 valence electrons. The Hall–Kier alpha value is -0.586. The van der Waals surface area contributed by atoms with Gasteiger partial charge < -0.3 is 9.47 Å². The molecule has 0 saturated carbocycles. The van der Waals surface area contributed by atoms with E-state index in [4.69, 9.17) is 9.47 Å². The Morgan fingerprint density at radius 3 is 2.20 bits per heavy atom. The van der Waals surface area contributed by atoms with Gasteiger partial charge in [0.2, 0.25) is 0 Å². The molecule has 1 heterocycles. The summed E-state index contributed by atoms with van der Waals surface area (Å²) in [4.78, 5) is 0. The standard InChI is InChI=1S/C16H28O2Si2/c1-19(2,3)20(4,5)11-10-14-6-8-15(9-7-14)17-12-16-13-18-16/h6-9,16H,10-13H2,1-5H3. The van der Waals surface area contributed by atoms with Crippen molar-refractivity contribution in [3.63, 3.8) is 0 Å². The lowest BCUT2D eigenvalue weighted by Gasteiger charge is -2.35. The highest BCUT2D eigenvalue weighted by atomic mass is 29.3. The van der Waals surface area contributed by atoms with Crippen LogP contribution in [0.25, 0.3) is 0 Å². The Labute approximate surface area is 125 Å². The van der Waals surface area contributed by atoms with E-state index >= 15 is 0 Å². The number of epoxide rings is 1. The lowest BCUT2D eigenvalue weighted by Crippen LogP contribution is -2.52. The van der Waals surface area contributed by atoms with Crippen molar-refractivity contribution in [3.05, 3.63) is 29.8 Å². The van der Waals surface area contributed by atoms with Crippen LogP contribution in [0.3, 0.4) is 0 Å². The number of benzene rings is 1. The Kier molecular flexibility index (Phi) is 4.77. The normalized spacial score (nSPS) is 18.9. The molecule has 4 heteroatoms. The summed E-state index contributed by atoms with van der Waals surface area (Å²) in [5.41, 5.74) is 1.44. The summed E-state index contributed by atoms with van der Waals surface area (Å²) in [5.74, 6) is 0.964. The number of aryl methyl sites for hydroxylation is 1. The van der Waals surface area contributed by atoms with Crippen molar-refractivity contribution in [1.29, 1.82) is 0 Å². The van der Waals surface area contributed by atoms with E-state index in [0.29, 0.717) is 12.7 Å². The van der Waals surface area contributed by atoms with Gasteiger partial charge in [0.15, 0.2) is 0 Å². The van der Waals surface area contributed by atoms with E-state index in [1.165, 1.54) is 18.0 Å². The number of rotatable bonds is 7. The third kappa shape index (κ3) is 4.47. The molecule has 0 aromatic heterocycles. The van der Waals surface area contributed by atoms with Crippen molar-refractivity contribution in [3.8, 4) is 5.75 Å². The van der Waals surface area contributed by atoms with E-state index in [2.05, 4.69) is 57.0 Å². The zero-order valence-corrected chi connectivity index (χ0v) is 15.5. The Morgan fingerprint density at radius 1 is 1.10 bits per heavy atom. The van der Waals surface area contributed by atoms with Gasteiger partial charge in [-0.3, -0.25) is 0 Å². The summed E-state index contributed by atoms with van der Waals surface area (Å²) in [6.07, 6.45) is 1.55. The van der Waals surface area contributed by atoms with Crippen molar-refractivity contribution < 1.29 is 9.47 Å². The summed E-state index contributed by atoms with van der Waals surface area (Å²) in [7, 11) is -2.00. The Balaban J connectivity index is 1.83. The minimum atomic E-state index is -1.03. The van der Waals surface area contributed by atoms with Crippen LogP contribution in [-0.2, 0) is 11.2 Å². The first-order valence-electron chi connectivity index (χ1n) is 7.61. The van der Waals surface area contributed by atoms with Gasteiger partial charge in [-0.15, -0.1) is 0 Å². The molecule has 0 amide bonds. The van der Waals surface area contributed by atoms with E-state index in [1.54, 1.807) is 0 Å². The maximum Gasteiger partial charge on any atom is 0.119 e. The van der Waals surface area contributed by atoms with Crippen LogP contribution >= 0.6 is 0 Å². The van der Waals surface area contributed by atoms with Crippen molar-refractivity contribution in [2.24, 2.45) is 0 Å². The van der Waals surface area contributed by atoms with E-state index in [-0.39, 0.29) is 0 Å². The topological polar surface area (TPSA) is 21.8 Å². The molecule has 1 unspecified atom stereocenters. The lowest BCUT2D eigenvalue weighted by molar-refractivity contribution is 0.263. The highest BCUT2D eigenvalue weighted by Gasteiger charge is 2.35. The fourth-order valence-electron chi connectivity index (χ4n) is 1.94. The van der Waals surface area contributed by atoms with E-state index in [1.807, 2.05) is 0 Å². The van der Waals surface area contributed by atoms with Crippen LogP contribution in [0.4, 0.5) is 0 Å². The van der Waals surface area contributed by atoms with Gasteiger partial charge in [-0.25, -0.2) is 0 Å². The maximum atomic E-state index is 5.68. The predicted octanol–water partition coefficient (Wildman–Crippen LogP) is 4.13. The number of hydrogen-bond acceptors (Lipinski definition) is 2. The van der Waals surface area contributed by atoms with Gasteiger partial charge >= 0.3 is 0 Å². The molecule has 2 rings (SSSR count). The Bertz CT molecular complexity index is 431. The van der Waals surface area contributed by atoms with Crippen molar-refractivity contribution in [1.82, 2.24) is 0 Å². The molecule has 0 aliphatic carbocycles. The van der Waals surface area contributed by atoms with Gasteiger partial charge in [-0.05, 0) is 24.1 Å². The molecule has 1 aliphatic rings. The van der Waals surface area contributed by atoms with Crippen LogP contribution in [0, 0.1) is 0 Å². The summed E-state index contributed by atoms with van der Waals surface area (Å²) in [5, 5.41) is 0. The smallest absolute Gasteiger partial charge is 0.119 e. The van der Waals surface area contributed by atoms with Crippen LogP contribution in [0.5, 0.6) is 5.75 Å². The van der Waals surface area contributed by atoms with Gasteiger partial charge in [0.05, 0.1) is 6.61 Å². The fraction of sp³-hybridized carbons (Fsp3) is 0.625. The third-order valence-electron chi connectivity index (χ3n) is 4.83. The molecule has 1 fully saturated rings. The quantitative estimate of drug-likeness (QED) is 0.558. The molecule has 0 radical (unpaired) electrons. The average Bonchev–Trinajstić information content (AvgIpc) is 3.18. The lowest BCUT2D eigenvalue weighted by atomic mass is 10.2. The highest BCUT2D eigenvalue weighted by Crippen LogP contribution is 2.25. The number of ether oxygens (including phenoxy) is 2. The van der Waals surface area contributed by atoms with Crippen LogP contribution in [0.15, 0.2) is 24.3 Å². The van der Waals surface area contributed by atoms with E-state index in [9.17, 15) is 0 Å².